The lowest BCUT2D eigenvalue weighted by Crippen LogP contribution is -2.47. The van der Waals surface area contributed by atoms with E-state index < -0.39 is 0 Å². The summed E-state index contributed by atoms with van der Waals surface area (Å²) in [7, 11) is 0. The van der Waals surface area contributed by atoms with Gasteiger partial charge in [-0.3, -0.25) is 14.5 Å². The molecule has 5 rings (SSSR count). The molecule has 0 N–H and O–H groups in total. The van der Waals surface area contributed by atoms with Crippen molar-refractivity contribution in [3.63, 3.8) is 0 Å². The first-order valence-electron chi connectivity index (χ1n) is 9.30. The smallest absolute Gasteiger partial charge is 0.208 e. The SMILES string of the molecule is c1cncc(CN2CN(C[C@@H]3CCCO3)c3nc4ccccc4n3C2)c1. The normalized spacial score (nSPS) is 20.6. The monoisotopic (exact) mass is 349 g/mol. The molecule has 6 nitrogen and oxygen atoms in total. The fourth-order valence-corrected chi connectivity index (χ4v) is 4.02. The van der Waals surface area contributed by atoms with Gasteiger partial charge in [-0.2, -0.15) is 0 Å². The van der Waals surface area contributed by atoms with Crippen LogP contribution in [-0.2, 0) is 18.0 Å². The molecule has 0 aliphatic carbocycles. The highest BCUT2D eigenvalue weighted by Gasteiger charge is 2.29. The third-order valence-corrected chi connectivity index (χ3v) is 5.21. The second-order valence-electron chi connectivity index (χ2n) is 7.16. The average molecular weight is 349 g/mol. The Labute approximate surface area is 153 Å². The minimum Gasteiger partial charge on any atom is -0.376 e. The molecule has 0 unspecified atom stereocenters. The Morgan fingerprint density at radius 2 is 2.08 bits per heavy atom. The average Bonchev–Trinajstić information content (AvgIpc) is 3.31. The first-order valence-corrected chi connectivity index (χ1v) is 9.30. The van der Waals surface area contributed by atoms with Crippen LogP contribution >= 0.6 is 0 Å². The van der Waals surface area contributed by atoms with Crippen molar-refractivity contribution in [3.8, 4) is 0 Å². The molecule has 1 aromatic carbocycles. The molecule has 2 aliphatic rings. The summed E-state index contributed by atoms with van der Waals surface area (Å²) in [6.45, 7) is 4.35. The molecule has 1 atom stereocenters. The van der Waals surface area contributed by atoms with Crippen molar-refractivity contribution in [2.24, 2.45) is 0 Å². The summed E-state index contributed by atoms with van der Waals surface area (Å²) in [6, 6.07) is 12.5. The molecule has 26 heavy (non-hydrogen) atoms. The zero-order chi connectivity index (χ0) is 17.3. The van der Waals surface area contributed by atoms with E-state index in [1.807, 2.05) is 18.5 Å². The maximum Gasteiger partial charge on any atom is 0.208 e. The number of para-hydroxylation sites is 2. The van der Waals surface area contributed by atoms with Crippen LogP contribution in [0.1, 0.15) is 18.4 Å². The molecule has 3 aromatic rings. The lowest BCUT2D eigenvalue weighted by Gasteiger charge is -2.38. The molecule has 0 spiro atoms. The number of ether oxygens (including phenoxy) is 1. The summed E-state index contributed by atoms with van der Waals surface area (Å²) in [5.41, 5.74) is 3.48. The third-order valence-electron chi connectivity index (χ3n) is 5.21. The lowest BCUT2D eigenvalue weighted by molar-refractivity contribution is 0.105. The molecule has 2 aromatic heterocycles. The highest BCUT2D eigenvalue weighted by Crippen LogP contribution is 2.28. The van der Waals surface area contributed by atoms with Gasteiger partial charge in [0.25, 0.3) is 0 Å². The molecule has 0 bridgehead atoms. The number of pyridine rings is 1. The minimum atomic E-state index is 0.307. The predicted octanol–water partition coefficient (Wildman–Crippen LogP) is 2.85. The second kappa shape index (κ2) is 6.70. The van der Waals surface area contributed by atoms with Crippen molar-refractivity contribution in [3.05, 3.63) is 54.4 Å². The van der Waals surface area contributed by atoms with E-state index in [9.17, 15) is 0 Å². The van der Waals surface area contributed by atoms with Gasteiger partial charge >= 0.3 is 0 Å². The van der Waals surface area contributed by atoms with E-state index in [1.54, 1.807) is 0 Å². The second-order valence-corrected chi connectivity index (χ2v) is 7.16. The van der Waals surface area contributed by atoms with Gasteiger partial charge in [0.05, 0.1) is 30.5 Å². The van der Waals surface area contributed by atoms with Gasteiger partial charge in [-0.1, -0.05) is 18.2 Å². The number of benzene rings is 1. The van der Waals surface area contributed by atoms with Gasteiger partial charge in [0, 0.05) is 32.1 Å². The fourth-order valence-electron chi connectivity index (χ4n) is 4.02. The highest BCUT2D eigenvalue weighted by atomic mass is 16.5. The molecule has 0 amide bonds. The van der Waals surface area contributed by atoms with Gasteiger partial charge in [-0.05, 0) is 36.6 Å². The molecule has 6 heteroatoms. The van der Waals surface area contributed by atoms with Gasteiger partial charge in [0.15, 0.2) is 0 Å². The first-order chi connectivity index (χ1) is 12.9. The number of anilines is 1. The first kappa shape index (κ1) is 15.8. The van der Waals surface area contributed by atoms with E-state index in [1.165, 1.54) is 11.1 Å². The number of nitrogens with zero attached hydrogens (tertiary/aromatic N) is 5. The summed E-state index contributed by atoms with van der Waals surface area (Å²) in [5, 5.41) is 0. The molecule has 0 saturated carbocycles. The van der Waals surface area contributed by atoms with Gasteiger partial charge in [0.1, 0.15) is 0 Å². The summed E-state index contributed by atoms with van der Waals surface area (Å²) in [4.78, 5) is 14.0. The number of rotatable bonds is 4. The van der Waals surface area contributed by atoms with E-state index in [4.69, 9.17) is 9.72 Å². The van der Waals surface area contributed by atoms with Gasteiger partial charge in [0.2, 0.25) is 5.95 Å². The minimum absolute atomic E-state index is 0.307. The molecule has 2 aliphatic heterocycles. The lowest BCUT2D eigenvalue weighted by atomic mass is 10.2. The molecule has 0 radical (unpaired) electrons. The Balaban J connectivity index is 1.47. The van der Waals surface area contributed by atoms with Crippen LogP contribution in [0.3, 0.4) is 0 Å². The Morgan fingerprint density at radius 1 is 1.12 bits per heavy atom. The number of imidazole rings is 1. The number of hydrogen-bond donors (Lipinski definition) is 0. The van der Waals surface area contributed by atoms with E-state index in [0.717, 1.165) is 57.3 Å². The van der Waals surface area contributed by atoms with E-state index >= 15 is 0 Å². The zero-order valence-electron chi connectivity index (χ0n) is 14.8. The van der Waals surface area contributed by atoms with Crippen LogP contribution in [-0.4, -0.2) is 45.4 Å². The Kier molecular flexibility index (Phi) is 4.07. The van der Waals surface area contributed by atoms with Gasteiger partial charge < -0.3 is 9.64 Å². The molecule has 1 saturated heterocycles. The maximum absolute atomic E-state index is 5.89. The molecule has 1 fully saturated rings. The standard InChI is InChI=1S/C20H23N5O/c1-2-8-19-18(7-1)22-20-24(13-17-6-4-10-26-17)14-23(15-25(19)20)12-16-5-3-9-21-11-16/h1-3,5,7-9,11,17H,4,6,10,12-15H2/t17-/m0/s1. The van der Waals surface area contributed by atoms with E-state index in [2.05, 4.69) is 49.7 Å². The van der Waals surface area contributed by atoms with Crippen LogP contribution < -0.4 is 4.90 Å². The topological polar surface area (TPSA) is 46.4 Å². The van der Waals surface area contributed by atoms with Crippen molar-refractivity contribution in [2.75, 3.05) is 24.7 Å². The van der Waals surface area contributed by atoms with Crippen molar-refractivity contribution in [2.45, 2.75) is 32.2 Å². The van der Waals surface area contributed by atoms with Gasteiger partial charge in [-0.25, -0.2) is 4.98 Å². The summed E-state index contributed by atoms with van der Waals surface area (Å²) in [5.74, 6) is 1.06. The quantitative estimate of drug-likeness (QED) is 0.725. The largest absolute Gasteiger partial charge is 0.376 e. The Bertz CT molecular complexity index is 888. The summed E-state index contributed by atoms with van der Waals surface area (Å²) < 4.78 is 8.21. The van der Waals surface area contributed by atoms with Crippen molar-refractivity contribution < 1.29 is 4.74 Å². The maximum atomic E-state index is 5.89. The van der Waals surface area contributed by atoms with Crippen LogP contribution in [0.5, 0.6) is 0 Å². The van der Waals surface area contributed by atoms with E-state index in [-0.39, 0.29) is 0 Å². The number of fused-ring (bicyclic) bond motifs is 3. The predicted molar refractivity (Wildman–Crippen MR) is 101 cm³/mol. The third kappa shape index (κ3) is 2.95. The van der Waals surface area contributed by atoms with E-state index in [0.29, 0.717) is 6.10 Å². The summed E-state index contributed by atoms with van der Waals surface area (Å²) >= 11 is 0. The molecular weight excluding hydrogens is 326 g/mol. The summed E-state index contributed by atoms with van der Waals surface area (Å²) in [6.07, 6.45) is 6.38. The van der Waals surface area contributed by atoms with Crippen molar-refractivity contribution in [1.29, 1.82) is 0 Å². The molecule has 134 valence electrons. The molecule has 4 heterocycles. The van der Waals surface area contributed by atoms with Gasteiger partial charge in [-0.15, -0.1) is 0 Å². The Hall–Kier alpha value is -2.44. The van der Waals surface area contributed by atoms with Crippen LogP contribution in [0.15, 0.2) is 48.8 Å². The fraction of sp³-hybridized carbons (Fsp3) is 0.400. The van der Waals surface area contributed by atoms with Crippen LogP contribution in [0.2, 0.25) is 0 Å². The van der Waals surface area contributed by atoms with Crippen molar-refractivity contribution >= 4 is 17.0 Å². The van der Waals surface area contributed by atoms with Crippen LogP contribution in [0, 0.1) is 0 Å². The number of hydrogen-bond acceptors (Lipinski definition) is 5. The van der Waals surface area contributed by atoms with Crippen LogP contribution in [0.25, 0.3) is 11.0 Å². The van der Waals surface area contributed by atoms with Crippen molar-refractivity contribution in [1.82, 2.24) is 19.4 Å². The van der Waals surface area contributed by atoms with Crippen LogP contribution in [0.4, 0.5) is 5.95 Å². The Morgan fingerprint density at radius 3 is 2.92 bits per heavy atom. The molecular formula is C20H23N5O. The highest BCUT2D eigenvalue weighted by molar-refractivity contribution is 5.79. The number of aromatic nitrogens is 3. The zero-order valence-corrected chi connectivity index (χ0v) is 14.8.